The zero-order valence-electron chi connectivity index (χ0n) is 23.4. The third-order valence-electron chi connectivity index (χ3n) is 6.79. The molecule has 0 atom stereocenters. The van der Waals surface area contributed by atoms with Gasteiger partial charge in [-0.05, 0) is 35.2 Å². The van der Waals surface area contributed by atoms with Gasteiger partial charge in [0.25, 0.3) is 11.1 Å². The van der Waals surface area contributed by atoms with Crippen LogP contribution >= 0.6 is 0 Å². The summed E-state index contributed by atoms with van der Waals surface area (Å²) in [5.41, 5.74) is -1.46. The summed E-state index contributed by atoms with van der Waals surface area (Å²) in [6, 6.07) is 9.04. The Morgan fingerprint density at radius 3 is 2.35 bits per heavy atom. The Morgan fingerprint density at radius 2 is 1.72 bits per heavy atom. The monoisotopic (exact) mass is 595 g/mol. The molecule has 0 bridgehead atoms. The number of rotatable bonds is 5. The molecule has 0 aliphatic carbocycles. The predicted molar refractivity (Wildman–Crippen MR) is 151 cm³/mol. The Kier molecular flexibility index (Phi) is 7.34. The molecule has 5 aromatic rings. The van der Waals surface area contributed by atoms with E-state index in [0.29, 0.717) is 22.7 Å². The van der Waals surface area contributed by atoms with E-state index in [1.807, 2.05) is 20.8 Å². The van der Waals surface area contributed by atoms with Crippen molar-refractivity contribution in [2.24, 2.45) is 7.05 Å². The first-order valence-electron chi connectivity index (χ1n) is 12.9. The number of aliphatic hydroxyl groups excluding tert-OH is 1. The number of halogens is 4. The minimum atomic E-state index is -4.68. The van der Waals surface area contributed by atoms with Gasteiger partial charge in [-0.25, -0.2) is 19.0 Å². The van der Waals surface area contributed by atoms with Gasteiger partial charge < -0.3 is 10.4 Å². The molecule has 0 aliphatic heterocycles. The molecule has 0 unspecified atom stereocenters. The highest BCUT2D eigenvalue weighted by Crippen LogP contribution is 2.30. The maximum atomic E-state index is 15.2. The van der Waals surface area contributed by atoms with Crippen molar-refractivity contribution in [3.8, 4) is 16.9 Å². The summed E-state index contributed by atoms with van der Waals surface area (Å²) in [5.74, 6) is -0.825. The Bertz CT molecular complexity index is 1980. The standard InChI is InChI=1S/C29H25F4N7O3/c1-28(2,3)16-8-15-11-36-40(27(43)25(15)19(30)9-16)22-7-5-6-17(18(22)14-41)20-10-21(26(42)39(4)38-20)37-24-13-34-23(12-35-24)29(31,32)33/h5-13,41H,14H2,1-4H3,(H,35,37). The molecule has 14 heteroatoms. The lowest BCUT2D eigenvalue weighted by molar-refractivity contribution is -0.141. The van der Waals surface area contributed by atoms with Gasteiger partial charge in [-0.2, -0.15) is 28.1 Å². The van der Waals surface area contributed by atoms with E-state index in [1.165, 1.54) is 31.4 Å². The van der Waals surface area contributed by atoms with E-state index in [9.17, 15) is 27.9 Å². The summed E-state index contributed by atoms with van der Waals surface area (Å²) in [4.78, 5) is 33.3. The van der Waals surface area contributed by atoms with Gasteiger partial charge in [0.2, 0.25) is 0 Å². The Labute approximate surface area is 241 Å². The van der Waals surface area contributed by atoms with Crippen molar-refractivity contribution < 1.29 is 22.7 Å². The van der Waals surface area contributed by atoms with E-state index in [-0.39, 0.29) is 39.3 Å². The van der Waals surface area contributed by atoms with E-state index in [0.717, 1.165) is 15.6 Å². The summed E-state index contributed by atoms with van der Waals surface area (Å²) >= 11 is 0. The van der Waals surface area contributed by atoms with Crippen LogP contribution in [0.3, 0.4) is 0 Å². The maximum Gasteiger partial charge on any atom is 0.434 e. The fourth-order valence-corrected chi connectivity index (χ4v) is 4.52. The molecule has 222 valence electrons. The lowest BCUT2D eigenvalue weighted by Gasteiger charge is -2.20. The van der Waals surface area contributed by atoms with Gasteiger partial charge in [0.05, 0.1) is 42.0 Å². The number of nitrogens with one attached hydrogen (secondary N) is 1. The summed E-state index contributed by atoms with van der Waals surface area (Å²) < 4.78 is 55.8. The van der Waals surface area contributed by atoms with Crippen molar-refractivity contribution >= 4 is 22.3 Å². The van der Waals surface area contributed by atoms with Crippen molar-refractivity contribution in [1.29, 1.82) is 0 Å². The number of aryl methyl sites for hydroxylation is 1. The van der Waals surface area contributed by atoms with Crippen LogP contribution < -0.4 is 16.4 Å². The molecule has 2 aromatic carbocycles. The molecule has 43 heavy (non-hydrogen) atoms. The van der Waals surface area contributed by atoms with E-state index in [4.69, 9.17) is 0 Å². The van der Waals surface area contributed by atoms with Crippen molar-refractivity contribution in [1.82, 2.24) is 29.5 Å². The van der Waals surface area contributed by atoms with Gasteiger partial charge in [0, 0.05) is 23.6 Å². The molecule has 0 saturated carbocycles. The number of nitrogens with zero attached hydrogens (tertiary/aromatic N) is 6. The number of hydrogen-bond acceptors (Lipinski definition) is 8. The van der Waals surface area contributed by atoms with Gasteiger partial charge in [-0.3, -0.25) is 9.59 Å². The molecule has 3 aromatic heterocycles. The van der Waals surface area contributed by atoms with Gasteiger partial charge in [-0.1, -0.05) is 32.9 Å². The molecule has 3 heterocycles. The second kappa shape index (κ2) is 10.7. The molecule has 10 nitrogen and oxygen atoms in total. The summed E-state index contributed by atoms with van der Waals surface area (Å²) in [6.45, 7) is 5.19. The van der Waals surface area contributed by atoms with E-state index in [2.05, 4.69) is 25.5 Å². The average Bonchev–Trinajstić information content (AvgIpc) is 2.94. The van der Waals surface area contributed by atoms with Crippen LogP contribution in [0.2, 0.25) is 0 Å². The van der Waals surface area contributed by atoms with Crippen LogP contribution in [-0.2, 0) is 25.2 Å². The quantitative estimate of drug-likeness (QED) is 0.282. The number of hydrogen-bond donors (Lipinski definition) is 2. The van der Waals surface area contributed by atoms with Crippen LogP contribution in [0.25, 0.3) is 27.7 Å². The van der Waals surface area contributed by atoms with Gasteiger partial charge in [0.15, 0.2) is 5.69 Å². The lowest BCUT2D eigenvalue weighted by atomic mass is 9.86. The van der Waals surface area contributed by atoms with E-state index in [1.54, 1.807) is 18.2 Å². The second-order valence-corrected chi connectivity index (χ2v) is 10.8. The third kappa shape index (κ3) is 5.60. The summed E-state index contributed by atoms with van der Waals surface area (Å²) in [7, 11) is 1.36. The Morgan fingerprint density at radius 1 is 0.977 bits per heavy atom. The van der Waals surface area contributed by atoms with Gasteiger partial charge >= 0.3 is 6.18 Å². The molecular weight excluding hydrogens is 570 g/mol. The fraction of sp³-hybridized carbons (Fsp3) is 0.241. The summed E-state index contributed by atoms with van der Waals surface area (Å²) in [6.07, 6.45) is -1.94. The fourth-order valence-electron chi connectivity index (χ4n) is 4.52. The molecule has 0 fully saturated rings. The minimum Gasteiger partial charge on any atom is -0.392 e. The second-order valence-electron chi connectivity index (χ2n) is 10.8. The molecule has 5 rings (SSSR count). The molecule has 0 amide bonds. The van der Waals surface area contributed by atoms with Crippen LogP contribution in [0.1, 0.15) is 37.6 Å². The van der Waals surface area contributed by atoms with Gasteiger partial charge in [-0.15, -0.1) is 0 Å². The van der Waals surface area contributed by atoms with Crippen LogP contribution in [0, 0.1) is 5.82 Å². The molecule has 0 aliphatic rings. The lowest BCUT2D eigenvalue weighted by Crippen LogP contribution is -2.24. The smallest absolute Gasteiger partial charge is 0.392 e. The zero-order valence-corrected chi connectivity index (χ0v) is 23.4. The van der Waals surface area contributed by atoms with E-state index >= 15 is 4.39 Å². The molecule has 0 saturated heterocycles. The summed E-state index contributed by atoms with van der Waals surface area (Å²) in [5, 5.41) is 21.7. The van der Waals surface area contributed by atoms with Crippen LogP contribution in [0.4, 0.5) is 29.1 Å². The minimum absolute atomic E-state index is 0.0893. The first-order valence-corrected chi connectivity index (χ1v) is 12.9. The SMILES string of the molecule is Cn1nc(-c2cccc(-n3ncc4cc(C(C)(C)C)cc(F)c4c3=O)c2CO)cc(Nc2cnc(C(F)(F)F)cn2)c1=O. The highest BCUT2D eigenvalue weighted by molar-refractivity contribution is 5.83. The molecule has 0 spiro atoms. The number of benzene rings is 2. The number of fused-ring (bicyclic) bond motifs is 1. The molecule has 2 N–H and O–H groups in total. The first-order chi connectivity index (χ1) is 20.2. The van der Waals surface area contributed by atoms with Crippen LogP contribution in [0.15, 0.2) is 64.6 Å². The first kappa shape index (κ1) is 29.5. The highest BCUT2D eigenvalue weighted by Gasteiger charge is 2.32. The number of anilines is 2. The third-order valence-corrected chi connectivity index (χ3v) is 6.79. The van der Waals surface area contributed by atoms with Crippen molar-refractivity contribution in [2.45, 2.75) is 39.0 Å². The average molecular weight is 596 g/mol. The van der Waals surface area contributed by atoms with E-state index < -0.39 is 35.4 Å². The Hall–Kier alpha value is -4.98. The zero-order chi connectivity index (χ0) is 31.3. The molecular formula is C29H25F4N7O3. The van der Waals surface area contributed by atoms with Crippen molar-refractivity contribution in [2.75, 3.05) is 5.32 Å². The van der Waals surface area contributed by atoms with Crippen LogP contribution in [0.5, 0.6) is 0 Å². The number of alkyl halides is 3. The van der Waals surface area contributed by atoms with Crippen molar-refractivity contribution in [3.05, 3.63) is 98.3 Å². The number of aromatic nitrogens is 6. The van der Waals surface area contributed by atoms with Gasteiger partial charge in [0.1, 0.15) is 17.3 Å². The highest BCUT2D eigenvalue weighted by atomic mass is 19.4. The Balaban J connectivity index is 1.61. The molecule has 0 radical (unpaired) electrons. The predicted octanol–water partition coefficient (Wildman–Crippen LogP) is 4.63. The van der Waals surface area contributed by atoms with Crippen LogP contribution in [-0.4, -0.2) is 34.6 Å². The number of aliphatic hydroxyl groups is 1. The topological polar surface area (TPSA) is 128 Å². The maximum absolute atomic E-state index is 15.2. The normalized spacial score (nSPS) is 12.1. The van der Waals surface area contributed by atoms with Crippen molar-refractivity contribution in [3.63, 3.8) is 0 Å². The largest absolute Gasteiger partial charge is 0.434 e.